The lowest BCUT2D eigenvalue weighted by molar-refractivity contribution is -0.170. The van der Waals surface area contributed by atoms with E-state index in [1.807, 2.05) is 146 Å². The SMILES string of the molecule is C=CC(=O)OCCCCCCOc1ccc(C(=O)OC(C(OC(=O)c2ccc(OCCCCCCOC(=O)C=C)cc2)C(O)(c2cccc3ccccc23)c2cccc3ccccc23)C(O)(c2cccc3ccccc23)c2cccc3ccccc23)cc1. The van der Waals surface area contributed by atoms with Crippen LogP contribution in [-0.2, 0) is 39.7 Å². The van der Waals surface area contributed by atoms with Gasteiger partial charge in [-0.3, -0.25) is 0 Å². The first-order valence-corrected chi connectivity index (χ1v) is 29.8. The summed E-state index contributed by atoms with van der Waals surface area (Å²) in [7, 11) is 0. The van der Waals surface area contributed by atoms with E-state index in [9.17, 15) is 9.59 Å². The van der Waals surface area contributed by atoms with Crippen LogP contribution < -0.4 is 9.47 Å². The highest BCUT2D eigenvalue weighted by atomic mass is 16.6. The van der Waals surface area contributed by atoms with Crippen LogP contribution in [0.15, 0.2) is 244 Å². The minimum absolute atomic E-state index is 0.0816. The van der Waals surface area contributed by atoms with Crippen LogP contribution >= 0.6 is 0 Å². The molecule has 0 spiro atoms. The van der Waals surface area contributed by atoms with Gasteiger partial charge in [-0.15, -0.1) is 0 Å². The predicted octanol–water partition coefficient (Wildman–Crippen LogP) is 15.3. The summed E-state index contributed by atoms with van der Waals surface area (Å²) in [5, 5.41) is 35.6. The first-order valence-electron chi connectivity index (χ1n) is 29.8. The first kappa shape index (κ1) is 61.2. The molecule has 10 aromatic carbocycles. The zero-order valence-electron chi connectivity index (χ0n) is 49.0. The van der Waals surface area contributed by atoms with Crippen molar-refractivity contribution in [2.45, 2.75) is 74.8 Å². The Morgan fingerprint density at radius 2 is 0.625 bits per heavy atom. The average molecular weight is 1180 g/mol. The van der Waals surface area contributed by atoms with E-state index >= 15 is 19.8 Å². The van der Waals surface area contributed by atoms with Crippen molar-refractivity contribution in [1.82, 2.24) is 0 Å². The minimum Gasteiger partial charge on any atom is -0.494 e. The molecule has 88 heavy (non-hydrogen) atoms. The number of esters is 4. The van der Waals surface area contributed by atoms with Crippen LogP contribution in [0.4, 0.5) is 0 Å². The Labute approximate surface area is 512 Å². The van der Waals surface area contributed by atoms with Gasteiger partial charge in [-0.2, -0.15) is 0 Å². The number of hydrogen-bond acceptors (Lipinski definition) is 12. The van der Waals surface area contributed by atoms with Crippen LogP contribution in [0.2, 0.25) is 0 Å². The fourth-order valence-electron chi connectivity index (χ4n) is 11.6. The number of fused-ring (bicyclic) bond motifs is 4. The van der Waals surface area contributed by atoms with Crippen molar-refractivity contribution in [1.29, 1.82) is 0 Å². The molecule has 0 fully saturated rings. The van der Waals surface area contributed by atoms with E-state index in [1.165, 1.54) is 0 Å². The van der Waals surface area contributed by atoms with Gasteiger partial charge < -0.3 is 38.6 Å². The lowest BCUT2D eigenvalue weighted by atomic mass is 9.69. The molecular formula is C76H70O12. The van der Waals surface area contributed by atoms with Gasteiger partial charge in [0.25, 0.3) is 0 Å². The van der Waals surface area contributed by atoms with Crippen molar-refractivity contribution >= 4 is 67.0 Å². The molecule has 446 valence electrons. The van der Waals surface area contributed by atoms with Crippen LogP contribution in [0.1, 0.15) is 94.3 Å². The van der Waals surface area contributed by atoms with Crippen LogP contribution in [0, 0.1) is 0 Å². The second-order valence-electron chi connectivity index (χ2n) is 21.6. The van der Waals surface area contributed by atoms with Crippen LogP contribution in [0.25, 0.3) is 43.1 Å². The van der Waals surface area contributed by atoms with Gasteiger partial charge in [0.1, 0.15) is 11.5 Å². The number of rotatable bonds is 29. The average Bonchev–Trinajstić information content (AvgIpc) is 0.873. The van der Waals surface area contributed by atoms with E-state index in [0.29, 0.717) is 94.6 Å². The standard InChI is InChI=1S/C76H70O12/c1-3-69(77)85-51-19-7-5-17-49-83-59-45-41-57(42-46-59)73(79)87-71(75(81,65-37-21-29-53-25-9-13-33-61(53)65)66-38-22-30-54-26-10-14-34-62(54)66)72(88-74(80)58-43-47-60(48-44-58)84-50-18-6-8-20-52-86-70(78)4-2)76(82,67-39-23-31-55-27-11-15-35-63(55)67)68-40-24-32-56-28-12-16-36-64(56)68/h3-4,9-16,21-48,71-72,81-82H,1-2,5-8,17-20,49-52H2. The molecule has 0 aliphatic heterocycles. The third-order valence-electron chi connectivity index (χ3n) is 16.0. The quantitative estimate of drug-likeness (QED) is 0.0198. The van der Waals surface area contributed by atoms with Gasteiger partial charge in [0.15, 0.2) is 23.4 Å². The molecule has 0 aromatic heterocycles. The summed E-state index contributed by atoms with van der Waals surface area (Å²) >= 11 is 0. The Morgan fingerprint density at radius 1 is 0.352 bits per heavy atom. The van der Waals surface area contributed by atoms with Gasteiger partial charge in [-0.05, 0) is 165 Å². The molecule has 10 rings (SSSR count). The summed E-state index contributed by atoms with van der Waals surface area (Å²) in [5.41, 5.74) is -3.57. The van der Waals surface area contributed by atoms with Gasteiger partial charge in [-0.1, -0.05) is 183 Å². The Kier molecular flexibility index (Phi) is 20.2. The number of unbranched alkanes of at least 4 members (excludes halogenated alkanes) is 6. The van der Waals surface area contributed by atoms with Gasteiger partial charge in [0, 0.05) is 12.2 Å². The number of carbonyl (C=O) groups is 4. The molecule has 10 aromatic rings. The van der Waals surface area contributed by atoms with Crippen molar-refractivity contribution < 1.29 is 57.8 Å². The fraction of sp³-hybridized carbons (Fsp3) is 0.211. The zero-order chi connectivity index (χ0) is 61.3. The predicted molar refractivity (Wildman–Crippen MR) is 343 cm³/mol. The van der Waals surface area contributed by atoms with Crippen LogP contribution in [-0.4, -0.2) is 72.7 Å². The largest absolute Gasteiger partial charge is 0.494 e. The third kappa shape index (κ3) is 13.8. The molecule has 0 heterocycles. The molecule has 0 bridgehead atoms. The van der Waals surface area contributed by atoms with Gasteiger partial charge >= 0.3 is 23.9 Å². The number of ether oxygens (including phenoxy) is 6. The minimum atomic E-state index is -2.48. The van der Waals surface area contributed by atoms with E-state index in [1.54, 1.807) is 72.8 Å². The first-order chi connectivity index (χ1) is 43.0. The highest BCUT2D eigenvalue weighted by molar-refractivity contribution is 5.95. The monoisotopic (exact) mass is 1170 g/mol. The zero-order valence-corrected chi connectivity index (χ0v) is 49.0. The van der Waals surface area contributed by atoms with Crippen molar-refractivity contribution in [3.63, 3.8) is 0 Å². The van der Waals surface area contributed by atoms with Crippen molar-refractivity contribution in [3.8, 4) is 11.5 Å². The summed E-state index contributed by atoms with van der Waals surface area (Å²) in [6.07, 6.45) is 4.51. The molecule has 0 radical (unpaired) electrons. The lowest BCUT2D eigenvalue weighted by Crippen LogP contribution is -2.59. The summed E-state index contributed by atoms with van der Waals surface area (Å²) in [5.74, 6) is -1.69. The highest BCUT2D eigenvalue weighted by Gasteiger charge is 2.59. The number of carbonyl (C=O) groups excluding carboxylic acids is 4. The Hall–Kier alpha value is -9.88. The molecule has 0 amide bonds. The second kappa shape index (κ2) is 29.0. The molecule has 2 N–H and O–H groups in total. The molecular weight excluding hydrogens is 1100 g/mol. The molecule has 0 aliphatic carbocycles. The van der Waals surface area contributed by atoms with Crippen molar-refractivity contribution in [2.24, 2.45) is 0 Å². The Bertz CT molecular complexity index is 3630. The molecule has 12 nitrogen and oxygen atoms in total. The normalized spacial score (nSPS) is 12.2. The molecule has 0 saturated carbocycles. The van der Waals surface area contributed by atoms with E-state index < -0.39 is 47.3 Å². The fourth-order valence-corrected chi connectivity index (χ4v) is 11.6. The van der Waals surface area contributed by atoms with Crippen molar-refractivity contribution in [2.75, 3.05) is 26.4 Å². The Balaban J connectivity index is 1.12. The topological polar surface area (TPSA) is 164 Å². The maximum Gasteiger partial charge on any atom is 0.338 e. The summed E-state index contributed by atoms with van der Waals surface area (Å²) in [6, 6.07) is 65.4. The number of benzene rings is 10. The maximum atomic E-state index is 15.7. The van der Waals surface area contributed by atoms with E-state index in [-0.39, 0.29) is 11.1 Å². The van der Waals surface area contributed by atoms with E-state index in [4.69, 9.17) is 28.4 Å². The molecule has 2 unspecified atom stereocenters. The number of aliphatic hydroxyl groups is 2. The van der Waals surface area contributed by atoms with Gasteiger partial charge in [0.05, 0.1) is 37.6 Å². The molecule has 2 atom stereocenters. The Morgan fingerprint density at radius 3 is 0.920 bits per heavy atom. The molecule has 0 saturated heterocycles. The van der Waals surface area contributed by atoms with Crippen LogP contribution in [0.3, 0.4) is 0 Å². The smallest absolute Gasteiger partial charge is 0.338 e. The van der Waals surface area contributed by atoms with E-state index in [0.717, 1.165) is 72.2 Å². The van der Waals surface area contributed by atoms with E-state index in [2.05, 4.69) is 13.2 Å². The summed E-state index contributed by atoms with van der Waals surface area (Å²) in [6.45, 7) is 8.28. The van der Waals surface area contributed by atoms with Gasteiger partial charge in [-0.25, -0.2) is 19.2 Å². The highest BCUT2D eigenvalue weighted by Crippen LogP contribution is 2.50. The van der Waals surface area contributed by atoms with Crippen molar-refractivity contribution in [3.05, 3.63) is 277 Å². The summed E-state index contributed by atoms with van der Waals surface area (Å²) in [4.78, 5) is 54.3. The van der Waals surface area contributed by atoms with Crippen LogP contribution in [0.5, 0.6) is 11.5 Å². The summed E-state index contributed by atoms with van der Waals surface area (Å²) < 4.78 is 36.6. The second-order valence-corrected chi connectivity index (χ2v) is 21.6. The van der Waals surface area contributed by atoms with Gasteiger partial charge in [0.2, 0.25) is 0 Å². The lowest BCUT2D eigenvalue weighted by Gasteiger charge is -2.47. The maximum absolute atomic E-state index is 15.7. The molecule has 0 aliphatic rings. The number of hydrogen-bond donors (Lipinski definition) is 2. The molecule has 12 heteroatoms. The third-order valence-corrected chi connectivity index (χ3v) is 16.0.